The van der Waals surface area contributed by atoms with E-state index in [2.05, 4.69) is 24.5 Å². The number of carbonyl (C=O) groups is 2. The second kappa shape index (κ2) is 5.18. The summed E-state index contributed by atoms with van der Waals surface area (Å²) >= 11 is 0. The van der Waals surface area contributed by atoms with Crippen LogP contribution in [0.1, 0.15) is 39.5 Å². The highest BCUT2D eigenvalue weighted by Crippen LogP contribution is 2.36. The van der Waals surface area contributed by atoms with Gasteiger partial charge in [0.1, 0.15) is 0 Å². The van der Waals surface area contributed by atoms with E-state index in [1.54, 1.807) is 0 Å². The van der Waals surface area contributed by atoms with Gasteiger partial charge in [0.25, 0.3) is 0 Å². The highest BCUT2D eigenvalue weighted by molar-refractivity contribution is 5.75. The lowest BCUT2D eigenvalue weighted by atomic mass is 9.87. The third-order valence-corrected chi connectivity index (χ3v) is 3.19. The number of amides is 2. The molecule has 5 heteroatoms. The molecule has 0 spiro atoms. The predicted octanol–water partition coefficient (Wildman–Crippen LogP) is 1.34. The number of hydrogen-bond acceptors (Lipinski definition) is 2. The van der Waals surface area contributed by atoms with Crippen molar-refractivity contribution in [1.82, 2.24) is 10.6 Å². The van der Waals surface area contributed by atoms with E-state index in [1.165, 1.54) is 0 Å². The Hall–Kier alpha value is -1.26. The van der Waals surface area contributed by atoms with Crippen LogP contribution in [0.2, 0.25) is 0 Å². The number of carbonyl (C=O) groups excluding carboxylic acids is 1. The second-order valence-electron chi connectivity index (χ2n) is 4.98. The summed E-state index contributed by atoms with van der Waals surface area (Å²) in [5.74, 6) is -0.901. The third-order valence-electron chi connectivity index (χ3n) is 3.19. The smallest absolute Gasteiger partial charge is 0.315 e. The molecule has 0 aromatic rings. The summed E-state index contributed by atoms with van der Waals surface area (Å²) in [5, 5.41) is 13.9. The van der Waals surface area contributed by atoms with Crippen LogP contribution in [-0.2, 0) is 4.79 Å². The van der Waals surface area contributed by atoms with E-state index >= 15 is 0 Å². The first kappa shape index (κ1) is 12.8. The van der Waals surface area contributed by atoms with Crippen LogP contribution in [0.25, 0.3) is 0 Å². The van der Waals surface area contributed by atoms with Gasteiger partial charge in [-0.15, -0.1) is 0 Å². The first-order chi connectivity index (χ1) is 7.42. The summed E-state index contributed by atoms with van der Waals surface area (Å²) in [6.45, 7) is 4.46. The SMILES string of the molecule is CC1(C)CCCC1NC(=O)NCCC(=O)O. The molecule has 0 radical (unpaired) electrons. The zero-order chi connectivity index (χ0) is 12.2. The molecule has 2 amide bonds. The quantitative estimate of drug-likeness (QED) is 0.679. The number of rotatable bonds is 4. The number of carboxylic acid groups (broad SMARTS) is 1. The normalized spacial score (nSPS) is 22.8. The first-order valence-electron chi connectivity index (χ1n) is 5.68. The largest absolute Gasteiger partial charge is 0.481 e. The topological polar surface area (TPSA) is 78.4 Å². The highest BCUT2D eigenvalue weighted by atomic mass is 16.4. The van der Waals surface area contributed by atoms with Crippen LogP contribution < -0.4 is 10.6 Å². The van der Waals surface area contributed by atoms with Gasteiger partial charge in [0.2, 0.25) is 0 Å². The summed E-state index contributed by atoms with van der Waals surface area (Å²) in [5.41, 5.74) is 0.143. The van der Waals surface area contributed by atoms with E-state index in [-0.39, 0.29) is 30.5 Å². The summed E-state index contributed by atoms with van der Waals surface area (Å²) in [7, 11) is 0. The van der Waals surface area contributed by atoms with Gasteiger partial charge >= 0.3 is 12.0 Å². The number of urea groups is 1. The molecule has 5 nitrogen and oxygen atoms in total. The van der Waals surface area contributed by atoms with Crippen molar-refractivity contribution >= 4 is 12.0 Å². The van der Waals surface area contributed by atoms with E-state index in [4.69, 9.17) is 5.11 Å². The van der Waals surface area contributed by atoms with Crippen molar-refractivity contribution in [3.8, 4) is 0 Å². The average molecular weight is 228 g/mol. The number of hydrogen-bond donors (Lipinski definition) is 3. The summed E-state index contributed by atoms with van der Waals surface area (Å²) < 4.78 is 0. The van der Waals surface area contributed by atoms with E-state index in [0.717, 1.165) is 19.3 Å². The fourth-order valence-electron chi connectivity index (χ4n) is 2.09. The molecule has 0 bridgehead atoms. The fourth-order valence-corrected chi connectivity index (χ4v) is 2.09. The first-order valence-corrected chi connectivity index (χ1v) is 5.68. The zero-order valence-electron chi connectivity index (χ0n) is 9.88. The number of nitrogens with one attached hydrogen (secondary N) is 2. The van der Waals surface area contributed by atoms with Crippen LogP contribution in [0.4, 0.5) is 4.79 Å². The number of carboxylic acids is 1. The van der Waals surface area contributed by atoms with Crippen LogP contribution in [0.5, 0.6) is 0 Å². The molecule has 1 unspecified atom stereocenters. The van der Waals surface area contributed by atoms with Gasteiger partial charge in [-0.05, 0) is 18.3 Å². The van der Waals surface area contributed by atoms with Gasteiger partial charge in [0.15, 0.2) is 0 Å². The molecule has 0 aromatic carbocycles. The monoisotopic (exact) mass is 228 g/mol. The van der Waals surface area contributed by atoms with Gasteiger partial charge in [-0.3, -0.25) is 4.79 Å². The molecule has 1 atom stereocenters. The summed E-state index contributed by atoms with van der Waals surface area (Å²) in [6.07, 6.45) is 3.21. The Bertz CT molecular complexity index is 276. The maximum Gasteiger partial charge on any atom is 0.315 e. The van der Waals surface area contributed by atoms with Gasteiger partial charge in [0, 0.05) is 12.6 Å². The third kappa shape index (κ3) is 3.72. The minimum absolute atomic E-state index is 0.0402. The van der Waals surface area contributed by atoms with Gasteiger partial charge in [0.05, 0.1) is 6.42 Å². The molecule has 16 heavy (non-hydrogen) atoms. The van der Waals surface area contributed by atoms with Crippen LogP contribution in [0.15, 0.2) is 0 Å². The minimum atomic E-state index is -0.901. The van der Waals surface area contributed by atoms with Gasteiger partial charge in [-0.25, -0.2) is 4.79 Å². The van der Waals surface area contributed by atoms with Crippen molar-refractivity contribution in [3.05, 3.63) is 0 Å². The molecule has 1 aliphatic carbocycles. The fraction of sp³-hybridized carbons (Fsp3) is 0.818. The van der Waals surface area contributed by atoms with Crippen LogP contribution >= 0.6 is 0 Å². The average Bonchev–Trinajstić information content (AvgIpc) is 2.45. The lowest BCUT2D eigenvalue weighted by molar-refractivity contribution is -0.136. The molecule has 0 aliphatic heterocycles. The zero-order valence-corrected chi connectivity index (χ0v) is 9.88. The van der Waals surface area contributed by atoms with E-state index < -0.39 is 5.97 Å². The molecule has 1 saturated carbocycles. The van der Waals surface area contributed by atoms with E-state index in [1.807, 2.05) is 0 Å². The molecule has 0 heterocycles. The van der Waals surface area contributed by atoms with Gasteiger partial charge in [-0.1, -0.05) is 20.3 Å². The molecule has 1 fully saturated rings. The maximum atomic E-state index is 11.5. The molecule has 92 valence electrons. The summed E-state index contributed by atoms with van der Waals surface area (Å²) in [6, 6.07) is -0.0708. The van der Waals surface area contributed by atoms with Crippen molar-refractivity contribution in [3.63, 3.8) is 0 Å². The van der Waals surface area contributed by atoms with Crippen LogP contribution in [0, 0.1) is 5.41 Å². The second-order valence-corrected chi connectivity index (χ2v) is 4.98. The Labute approximate surface area is 95.6 Å². The Morgan fingerprint density at radius 1 is 1.44 bits per heavy atom. The molecule has 0 saturated heterocycles. The van der Waals surface area contributed by atoms with E-state index in [0.29, 0.717) is 0 Å². The minimum Gasteiger partial charge on any atom is -0.481 e. The Morgan fingerprint density at radius 2 is 2.12 bits per heavy atom. The Kier molecular flexibility index (Phi) is 4.15. The van der Waals surface area contributed by atoms with Gasteiger partial charge in [-0.2, -0.15) is 0 Å². The summed E-state index contributed by atoms with van der Waals surface area (Å²) in [4.78, 5) is 21.7. The van der Waals surface area contributed by atoms with Crippen molar-refractivity contribution in [2.75, 3.05) is 6.54 Å². The molecular formula is C11H20N2O3. The maximum absolute atomic E-state index is 11.5. The molecular weight excluding hydrogens is 208 g/mol. The van der Waals surface area contributed by atoms with Crippen LogP contribution in [-0.4, -0.2) is 29.7 Å². The predicted molar refractivity (Wildman–Crippen MR) is 60.2 cm³/mol. The Balaban J connectivity index is 2.26. The molecule has 1 aliphatic rings. The van der Waals surface area contributed by atoms with E-state index in [9.17, 15) is 9.59 Å². The number of aliphatic carboxylic acids is 1. The highest BCUT2D eigenvalue weighted by Gasteiger charge is 2.35. The standard InChI is InChI=1S/C11H20N2O3/c1-11(2)6-3-4-8(11)13-10(16)12-7-5-9(14)15/h8H,3-7H2,1-2H3,(H,14,15)(H2,12,13,16). The van der Waals surface area contributed by atoms with Gasteiger partial charge < -0.3 is 15.7 Å². The van der Waals surface area contributed by atoms with Crippen molar-refractivity contribution in [2.24, 2.45) is 5.41 Å². The van der Waals surface area contributed by atoms with Crippen molar-refractivity contribution in [2.45, 2.75) is 45.6 Å². The molecule has 3 N–H and O–H groups in total. The van der Waals surface area contributed by atoms with Crippen molar-refractivity contribution in [1.29, 1.82) is 0 Å². The van der Waals surface area contributed by atoms with Crippen LogP contribution in [0.3, 0.4) is 0 Å². The lowest BCUT2D eigenvalue weighted by Gasteiger charge is -2.27. The lowest BCUT2D eigenvalue weighted by Crippen LogP contribution is -2.46. The Morgan fingerprint density at radius 3 is 2.62 bits per heavy atom. The van der Waals surface area contributed by atoms with Crippen molar-refractivity contribution < 1.29 is 14.7 Å². The molecule has 1 rings (SSSR count). The molecule has 0 aromatic heterocycles.